The van der Waals surface area contributed by atoms with E-state index in [1.54, 1.807) is 0 Å². The zero-order chi connectivity index (χ0) is 13.8. The van der Waals surface area contributed by atoms with Crippen molar-refractivity contribution in [1.29, 1.82) is 0 Å². The van der Waals surface area contributed by atoms with Gasteiger partial charge in [0, 0.05) is 5.02 Å². The molecule has 0 aliphatic carbocycles. The lowest BCUT2D eigenvalue weighted by atomic mass is 10.2. The van der Waals surface area contributed by atoms with Crippen LogP contribution in [0.1, 0.15) is 10.4 Å². The van der Waals surface area contributed by atoms with E-state index in [9.17, 15) is 9.59 Å². The number of nitrogens with zero attached hydrogens (tertiary/aromatic N) is 4. The molecule has 2 rings (SSSR count). The average Bonchev–Trinajstić information content (AvgIpc) is 2.81. The van der Waals surface area contributed by atoms with Crippen LogP contribution in [-0.4, -0.2) is 37.2 Å². The molecule has 2 N–H and O–H groups in total. The van der Waals surface area contributed by atoms with E-state index in [0.29, 0.717) is 5.02 Å². The summed E-state index contributed by atoms with van der Waals surface area (Å²) < 4.78 is 1.21. The molecule has 1 aromatic heterocycles. The van der Waals surface area contributed by atoms with E-state index in [-0.39, 0.29) is 17.8 Å². The normalized spacial score (nSPS) is 10.2. The second kappa shape index (κ2) is 5.44. The van der Waals surface area contributed by atoms with Crippen LogP contribution in [-0.2, 0) is 11.3 Å². The van der Waals surface area contributed by atoms with Gasteiger partial charge in [0.2, 0.25) is 5.91 Å². The first-order valence-electron chi connectivity index (χ1n) is 5.10. The van der Waals surface area contributed by atoms with Gasteiger partial charge in [0.15, 0.2) is 0 Å². The van der Waals surface area contributed by atoms with E-state index in [1.165, 1.54) is 29.2 Å². The Kier molecular flexibility index (Phi) is 3.71. The molecule has 1 heterocycles. The van der Waals surface area contributed by atoms with Gasteiger partial charge in [0.25, 0.3) is 0 Å². The van der Waals surface area contributed by atoms with E-state index >= 15 is 0 Å². The molecule has 98 valence electrons. The zero-order valence-electron chi connectivity index (χ0n) is 9.45. The Hall–Kier alpha value is -2.48. The lowest BCUT2D eigenvalue weighted by Crippen LogP contribution is -2.20. The van der Waals surface area contributed by atoms with Crippen LogP contribution in [0.3, 0.4) is 0 Å². The first-order chi connectivity index (χ1) is 9.06. The number of benzene rings is 1. The summed E-state index contributed by atoms with van der Waals surface area (Å²) in [7, 11) is 0. The lowest BCUT2D eigenvalue weighted by Gasteiger charge is -2.08. The van der Waals surface area contributed by atoms with Gasteiger partial charge in [-0.2, -0.15) is 0 Å². The number of carbonyl (C=O) groups is 2. The minimum Gasteiger partial charge on any atom is -0.478 e. The molecule has 9 heteroatoms. The fourth-order valence-corrected chi connectivity index (χ4v) is 1.57. The van der Waals surface area contributed by atoms with Crippen molar-refractivity contribution in [3.05, 3.63) is 35.1 Å². The molecule has 1 amide bonds. The summed E-state index contributed by atoms with van der Waals surface area (Å²) in [6.07, 6.45) is 1.27. The molecule has 0 unspecified atom stereocenters. The van der Waals surface area contributed by atoms with Crippen molar-refractivity contribution >= 4 is 29.2 Å². The van der Waals surface area contributed by atoms with Crippen molar-refractivity contribution in [2.45, 2.75) is 6.54 Å². The third kappa shape index (κ3) is 3.26. The molecule has 0 bridgehead atoms. The number of aromatic carboxylic acids is 1. The van der Waals surface area contributed by atoms with E-state index in [4.69, 9.17) is 16.7 Å². The predicted molar refractivity (Wildman–Crippen MR) is 64.9 cm³/mol. The maximum Gasteiger partial charge on any atom is 0.337 e. The molecule has 19 heavy (non-hydrogen) atoms. The second-order valence-corrected chi connectivity index (χ2v) is 3.99. The van der Waals surface area contributed by atoms with Gasteiger partial charge in [0.05, 0.1) is 11.3 Å². The SMILES string of the molecule is O=C(Cn1cnnn1)Nc1cc(Cl)ccc1C(=O)O. The number of halogens is 1. The first-order valence-corrected chi connectivity index (χ1v) is 5.47. The molecule has 0 aliphatic rings. The van der Waals surface area contributed by atoms with Crippen LogP contribution >= 0.6 is 11.6 Å². The van der Waals surface area contributed by atoms with Crippen LogP contribution in [0.5, 0.6) is 0 Å². The molecular formula is C10H8ClN5O3. The van der Waals surface area contributed by atoms with Gasteiger partial charge >= 0.3 is 5.97 Å². The quantitative estimate of drug-likeness (QED) is 0.852. The Morgan fingerprint density at radius 1 is 1.42 bits per heavy atom. The Morgan fingerprint density at radius 2 is 2.21 bits per heavy atom. The fourth-order valence-electron chi connectivity index (χ4n) is 1.40. The van der Waals surface area contributed by atoms with Crippen LogP contribution in [0.2, 0.25) is 5.02 Å². The predicted octanol–water partition coefficient (Wildman–Crippen LogP) is 0.663. The topological polar surface area (TPSA) is 110 Å². The van der Waals surface area contributed by atoms with Crippen molar-refractivity contribution in [3.63, 3.8) is 0 Å². The van der Waals surface area contributed by atoms with Crippen molar-refractivity contribution in [1.82, 2.24) is 20.2 Å². The molecule has 0 atom stereocenters. The molecule has 0 aliphatic heterocycles. The van der Waals surface area contributed by atoms with E-state index in [0.717, 1.165) is 0 Å². The largest absolute Gasteiger partial charge is 0.478 e. The molecule has 8 nitrogen and oxygen atoms in total. The highest BCUT2D eigenvalue weighted by Crippen LogP contribution is 2.21. The standard InChI is InChI=1S/C10H8ClN5O3/c11-6-1-2-7(10(18)19)8(3-6)13-9(17)4-16-5-12-14-15-16/h1-3,5H,4H2,(H,13,17)(H,18,19). The number of hydrogen-bond acceptors (Lipinski definition) is 5. The minimum absolute atomic E-state index is 0.0468. The van der Waals surface area contributed by atoms with E-state index in [1.807, 2.05) is 0 Å². The zero-order valence-corrected chi connectivity index (χ0v) is 10.2. The Labute approximate surface area is 112 Å². The van der Waals surface area contributed by atoms with Crippen LogP contribution < -0.4 is 5.32 Å². The third-order valence-electron chi connectivity index (χ3n) is 2.18. The molecule has 2 aromatic rings. The van der Waals surface area contributed by atoms with Crippen LogP contribution in [0.25, 0.3) is 0 Å². The third-order valence-corrected chi connectivity index (χ3v) is 2.42. The summed E-state index contributed by atoms with van der Waals surface area (Å²) in [5, 5.41) is 22.1. The molecule has 0 fully saturated rings. The summed E-state index contributed by atoms with van der Waals surface area (Å²) in [5.41, 5.74) is 0.0764. The summed E-state index contributed by atoms with van der Waals surface area (Å²) in [6, 6.07) is 4.11. The van der Waals surface area contributed by atoms with Gasteiger partial charge in [-0.05, 0) is 28.6 Å². The number of nitrogens with one attached hydrogen (secondary N) is 1. The molecule has 1 aromatic carbocycles. The summed E-state index contributed by atoms with van der Waals surface area (Å²) in [5.74, 6) is -1.62. The Balaban J connectivity index is 2.16. The van der Waals surface area contributed by atoms with Crippen molar-refractivity contribution in [2.75, 3.05) is 5.32 Å². The van der Waals surface area contributed by atoms with Crippen molar-refractivity contribution in [3.8, 4) is 0 Å². The van der Waals surface area contributed by atoms with Gasteiger partial charge in [-0.3, -0.25) is 4.79 Å². The lowest BCUT2D eigenvalue weighted by molar-refractivity contribution is -0.116. The maximum absolute atomic E-state index is 11.7. The monoisotopic (exact) mass is 281 g/mol. The summed E-state index contributed by atoms with van der Waals surface area (Å²) in [6.45, 7) is -0.126. The molecule has 0 spiro atoms. The Bertz CT molecular complexity index is 614. The van der Waals surface area contributed by atoms with E-state index in [2.05, 4.69) is 20.8 Å². The van der Waals surface area contributed by atoms with E-state index < -0.39 is 11.9 Å². The first kappa shape index (κ1) is 13.0. The van der Waals surface area contributed by atoms with Crippen molar-refractivity contribution in [2.24, 2.45) is 0 Å². The average molecular weight is 282 g/mol. The van der Waals surface area contributed by atoms with Crippen LogP contribution in [0, 0.1) is 0 Å². The number of anilines is 1. The van der Waals surface area contributed by atoms with Gasteiger partial charge in [-0.1, -0.05) is 11.6 Å². The number of amides is 1. The van der Waals surface area contributed by atoms with Gasteiger partial charge < -0.3 is 10.4 Å². The van der Waals surface area contributed by atoms with Gasteiger partial charge in [-0.25, -0.2) is 9.48 Å². The molecule has 0 saturated carbocycles. The van der Waals surface area contributed by atoms with Crippen LogP contribution in [0.4, 0.5) is 5.69 Å². The Morgan fingerprint density at radius 3 is 2.84 bits per heavy atom. The fraction of sp³-hybridized carbons (Fsp3) is 0.100. The minimum atomic E-state index is -1.16. The van der Waals surface area contributed by atoms with Crippen LogP contribution in [0.15, 0.2) is 24.5 Å². The number of rotatable bonds is 4. The number of hydrogen-bond donors (Lipinski definition) is 2. The molecule has 0 radical (unpaired) electrons. The van der Waals surface area contributed by atoms with Gasteiger partial charge in [-0.15, -0.1) is 5.10 Å². The number of carboxylic acid groups (broad SMARTS) is 1. The van der Waals surface area contributed by atoms with Crippen molar-refractivity contribution < 1.29 is 14.7 Å². The molecule has 0 saturated heterocycles. The second-order valence-electron chi connectivity index (χ2n) is 3.55. The van der Waals surface area contributed by atoms with Gasteiger partial charge in [0.1, 0.15) is 12.9 Å². The highest BCUT2D eigenvalue weighted by molar-refractivity contribution is 6.31. The number of aromatic nitrogens is 4. The summed E-state index contributed by atoms with van der Waals surface area (Å²) >= 11 is 5.77. The highest BCUT2D eigenvalue weighted by atomic mass is 35.5. The summed E-state index contributed by atoms with van der Waals surface area (Å²) in [4.78, 5) is 22.7. The highest BCUT2D eigenvalue weighted by Gasteiger charge is 2.13. The number of carboxylic acids is 1. The smallest absolute Gasteiger partial charge is 0.337 e. The number of tetrazole rings is 1. The molecular weight excluding hydrogens is 274 g/mol. The maximum atomic E-state index is 11.7. The number of carbonyl (C=O) groups excluding carboxylic acids is 1.